The largest absolute Gasteiger partial charge is 0.350 e. The molecule has 1 unspecified atom stereocenters. The minimum Gasteiger partial charge on any atom is -0.350 e. The molecule has 0 bridgehead atoms. The van der Waals surface area contributed by atoms with Crippen LogP contribution in [0.4, 0.5) is 0 Å². The summed E-state index contributed by atoms with van der Waals surface area (Å²) in [4.78, 5) is 25.0. The van der Waals surface area contributed by atoms with Gasteiger partial charge in [-0.1, -0.05) is 13.3 Å². The van der Waals surface area contributed by atoms with E-state index in [1.54, 1.807) is 6.07 Å². The van der Waals surface area contributed by atoms with Crippen LogP contribution in [0.25, 0.3) is 0 Å². The van der Waals surface area contributed by atoms with Crippen LogP contribution in [0.2, 0.25) is 0 Å². The van der Waals surface area contributed by atoms with E-state index in [-0.39, 0.29) is 17.5 Å². The van der Waals surface area contributed by atoms with Gasteiger partial charge in [0.1, 0.15) is 0 Å². The molecule has 88 valence electrons. The van der Waals surface area contributed by atoms with E-state index < -0.39 is 0 Å². The summed E-state index contributed by atoms with van der Waals surface area (Å²) in [6, 6.07) is 2.79. The van der Waals surface area contributed by atoms with Crippen molar-refractivity contribution in [1.82, 2.24) is 10.3 Å². The molecule has 0 aliphatic heterocycles. The van der Waals surface area contributed by atoms with Gasteiger partial charge in [0.05, 0.1) is 0 Å². The van der Waals surface area contributed by atoms with Gasteiger partial charge in [0.2, 0.25) is 5.56 Å². The Morgan fingerprint density at radius 1 is 1.62 bits per heavy atom. The maximum atomic E-state index is 11.6. The van der Waals surface area contributed by atoms with Gasteiger partial charge < -0.3 is 16.0 Å². The minimum atomic E-state index is -0.287. The third-order valence-electron chi connectivity index (χ3n) is 2.22. The summed E-state index contributed by atoms with van der Waals surface area (Å²) >= 11 is 0. The average Bonchev–Trinajstić information content (AvgIpc) is 2.26. The lowest BCUT2D eigenvalue weighted by molar-refractivity contribution is 0.0950. The smallest absolute Gasteiger partial charge is 0.251 e. The van der Waals surface area contributed by atoms with Gasteiger partial charge in [-0.25, -0.2) is 0 Å². The number of H-pyrrole nitrogens is 1. The number of nitrogens with one attached hydrogen (secondary N) is 2. The summed E-state index contributed by atoms with van der Waals surface area (Å²) in [7, 11) is 0. The van der Waals surface area contributed by atoms with Crippen molar-refractivity contribution in [2.24, 2.45) is 5.73 Å². The number of hydrogen-bond donors (Lipinski definition) is 3. The van der Waals surface area contributed by atoms with Crippen LogP contribution in [-0.2, 0) is 0 Å². The molecule has 1 aromatic heterocycles. The lowest BCUT2D eigenvalue weighted by Gasteiger charge is -2.11. The third kappa shape index (κ3) is 3.86. The Bertz CT molecular complexity index is 400. The van der Waals surface area contributed by atoms with Crippen molar-refractivity contribution < 1.29 is 4.79 Å². The van der Waals surface area contributed by atoms with Gasteiger partial charge in [-0.05, 0) is 12.5 Å². The Kier molecular flexibility index (Phi) is 4.72. The normalized spacial score (nSPS) is 12.1. The van der Waals surface area contributed by atoms with E-state index in [2.05, 4.69) is 10.3 Å². The highest BCUT2D eigenvalue weighted by Crippen LogP contribution is 1.95. The highest BCUT2D eigenvalue weighted by molar-refractivity contribution is 5.93. The van der Waals surface area contributed by atoms with Crippen LogP contribution < -0.4 is 16.6 Å². The number of nitrogens with two attached hydrogens (primary N) is 1. The molecule has 0 spiro atoms. The molecule has 0 aromatic carbocycles. The molecule has 1 aromatic rings. The zero-order valence-corrected chi connectivity index (χ0v) is 9.32. The fourth-order valence-corrected chi connectivity index (χ4v) is 1.38. The summed E-state index contributed by atoms with van der Waals surface area (Å²) in [5.74, 6) is -0.266. The maximum absolute atomic E-state index is 11.6. The zero-order chi connectivity index (χ0) is 12.0. The predicted octanol–water partition coefficient (Wildman–Crippen LogP) is 0.232. The van der Waals surface area contributed by atoms with Gasteiger partial charge in [-0.3, -0.25) is 9.59 Å². The average molecular weight is 223 g/mol. The van der Waals surface area contributed by atoms with Crippen LogP contribution in [0, 0.1) is 0 Å². The minimum absolute atomic E-state index is 0.0315. The lowest BCUT2D eigenvalue weighted by atomic mass is 10.2. The molecule has 0 aliphatic rings. The standard InChI is InChI=1S/C11H17N3O2/c1-2-3-9(12)7-14-11(16)8-4-5-13-10(15)6-8/h4-6,9H,2-3,7,12H2,1H3,(H,13,15)(H,14,16). The molecule has 1 atom stereocenters. The molecule has 0 saturated heterocycles. The van der Waals surface area contributed by atoms with E-state index in [9.17, 15) is 9.59 Å². The summed E-state index contributed by atoms with van der Waals surface area (Å²) in [5, 5.41) is 2.69. The molecular formula is C11H17N3O2. The van der Waals surface area contributed by atoms with Crippen molar-refractivity contribution in [3.63, 3.8) is 0 Å². The lowest BCUT2D eigenvalue weighted by Crippen LogP contribution is -2.37. The second-order valence-electron chi connectivity index (χ2n) is 3.70. The van der Waals surface area contributed by atoms with Crippen molar-refractivity contribution in [3.05, 3.63) is 34.2 Å². The van der Waals surface area contributed by atoms with Crippen LogP contribution in [-0.4, -0.2) is 23.5 Å². The number of aromatic amines is 1. The van der Waals surface area contributed by atoms with Gasteiger partial charge in [-0.15, -0.1) is 0 Å². The van der Waals surface area contributed by atoms with E-state index in [0.717, 1.165) is 12.8 Å². The molecule has 0 radical (unpaired) electrons. The van der Waals surface area contributed by atoms with Crippen molar-refractivity contribution in [3.8, 4) is 0 Å². The summed E-state index contributed by atoms with van der Waals surface area (Å²) in [6.45, 7) is 2.47. The number of carbonyl (C=O) groups excluding carboxylic acids is 1. The molecule has 16 heavy (non-hydrogen) atoms. The quantitative estimate of drug-likeness (QED) is 0.667. The Morgan fingerprint density at radius 2 is 2.38 bits per heavy atom. The van der Waals surface area contributed by atoms with Crippen molar-refractivity contribution in [2.75, 3.05) is 6.54 Å². The maximum Gasteiger partial charge on any atom is 0.251 e. The van der Waals surface area contributed by atoms with Gasteiger partial charge in [0.25, 0.3) is 5.91 Å². The van der Waals surface area contributed by atoms with E-state index in [4.69, 9.17) is 5.73 Å². The second-order valence-corrected chi connectivity index (χ2v) is 3.70. The zero-order valence-electron chi connectivity index (χ0n) is 9.32. The molecule has 1 rings (SSSR count). The van der Waals surface area contributed by atoms with Crippen molar-refractivity contribution in [1.29, 1.82) is 0 Å². The first kappa shape index (κ1) is 12.4. The molecule has 0 saturated carbocycles. The molecule has 0 aliphatic carbocycles. The van der Waals surface area contributed by atoms with Crippen LogP contribution in [0.1, 0.15) is 30.1 Å². The van der Waals surface area contributed by atoms with Crippen molar-refractivity contribution >= 4 is 5.91 Å². The molecule has 5 heteroatoms. The molecule has 5 nitrogen and oxygen atoms in total. The van der Waals surface area contributed by atoms with E-state index >= 15 is 0 Å². The Balaban J connectivity index is 2.50. The van der Waals surface area contributed by atoms with E-state index in [0.29, 0.717) is 12.1 Å². The van der Waals surface area contributed by atoms with Crippen LogP contribution in [0.15, 0.2) is 23.1 Å². The predicted molar refractivity (Wildman–Crippen MR) is 62.3 cm³/mol. The Hall–Kier alpha value is -1.62. The molecular weight excluding hydrogens is 206 g/mol. The Morgan fingerprint density at radius 3 is 3.00 bits per heavy atom. The Labute approximate surface area is 94.1 Å². The third-order valence-corrected chi connectivity index (χ3v) is 2.22. The van der Waals surface area contributed by atoms with Gasteiger partial charge in [0.15, 0.2) is 0 Å². The SMILES string of the molecule is CCCC(N)CNC(=O)c1cc[nH]c(=O)c1. The van der Waals surface area contributed by atoms with Crippen LogP contribution in [0.5, 0.6) is 0 Å². The number of carbonyl (C=O) groups is 1. The number of aromatic nitrogens is 1. The van der Waals surface area contributed by atoms with Gasteiger partial charge in [0, 0.05) is 30.4 Å². The molecule has 0 fully saturated rings. The number of pyridine rings is 1. The van der Waals surface area contributed by atoms with Crippen LogP contribution in [0.3, 0.4) is 0 Å². The summed E-state index contributed by atoms with van der Waals surface area (Å²) in [5.41, 5.74) is 5.83. The number of amides is 1. The van der Waals surface area contributed by atoms with Gasteiger partial charge in [-0.2, -0.15) is 0 Å². The fourth-order valence-electron chi connectivity index (χ4n) is 1.38. The monoisotopic (exact) mass is 223 g/mol. The second kappa shape index (κ2) is 6.07. The molecule has 1 heterocycles. The van der Waals surface area contributed by atoms with Gasteiger partial charge >= 0.3 is 0 Å². The van der Waals surface area contributed by atoms with E-state index in [1.165, 1.54) is 12.3 Å². The fraction of sp³-hybridized carbons (Fsp3) is 0.455. The van der Waals surface area contributed by atoms with Crippen molar-refractivity contribution in [2.45, 2.75) is 25.8 Å². The highest BCUT2D eigenvalue weighted by Gasteiger charge is 2.07. The first-order valence-electron chi connectivity index (χ1n) is 5.36. The first-order valence-corrected chi connectivity index (χ1v) is 5.36. The number of hydrogen-bond acceptors (Lipinski definition) is 3. The summed E-state index contributed by atoms with van der Waals surface area (Å²) in [6.07, 6.45) is 3.31. The molecule has 4 N–H and O–H groups in total. The van der Waals surface area contributed by atoms with Crippen LogP contribution >= 0.6 is 0 Å². The molecule has 1 amide bonds. The summed E-state index contributed by atoms with van der Waals surface area (Å²) < 4.78 is 0. The highest BCUT2D eigenvalue weighted by atomic mass is 16.2. The van der Waals surface area contributed by atoms with E-state index in [1.807, 2.05) is 6.92 Å². The topological polar surface area (TPSA) is 88.0 Å². The first-order chi connectivity index (χ1) is 7.63. The number of rotatable bonds is 5.